The topological polar surface area (TPSA) is 222 Å². The summed E-state index contributed by atoms with van der Waals surface area (Å²) in [4.78, 5) is 43.3. The van der Waals surface area contributed by atoms with Gasteiger partial charge in [-0.05, 0) is 36.4 Å². The van der Waals surface area contributed by atoms with Gasteiger partial charge in [0.1, 0.15) is 13.2 Å². The van der Waals surface area contributed by atoms with E-state index in [1.165, 1.54) is 24.3 Å². The van der Waals surface area contributed by atoms with E-state index in [0.29, 0.717) is 12.1 Å². The van der Waals surface area contributed by atoms with Crippen LogP contribution in [0.15, 0.2) is 47.4 Å². The van der Waals surface area contributed by atoms with E-state index in [1.54, 1.807) is 0 Å². The maximum atomic E-state index is 11.5. The second kappa shape index (κ2) is 15.2. The fourth-order valence-electron chi connectivity index (χ4n) is 2.21. The normalized spacial score (nSPS) is 10.1. The van der Waals surface area contributed by atoms with E-state index in [9.17, 15) is 27.6 Å². The summed E-state index contributed by atoms with van der Waals surface area (Å²) in [6.45, 7) is -0.718. The second-order valence-corrected chi connectivity index (χ2v) is 7.55. The fraction of sp³-hybridized carbons (Fsp3) is 0.200. The number of aromatic carboxylic acids is 2. The predicted octanol–water partition coefficient (Wildman–Crippen LogP) is -2.57. The molecule has 0 bridgehead atoms. The van der Waals surface area contributed by atoms with Gasteiger partial charge in [-0.25, -0.2) is 19.2 Å². The van der Waals surface area contributed by atoms with E-state index in [0.717, 1.165) is 6.07 Å². The van der Waals surface area contributed by atoms with Gasteiger partial charge < -0.3 is 31.3 Å². The first kappa shape index (κ1) is 32.1. The molecule has 0 aromatic heterocycles. The fourth-order valence-corrected chi connectivity index (χ4v) is 2.76. The average molecular weight is 524 g/mol. The Hall–Kier alpha value is -2.85. The Morgan fingerprint density at radius 3 is 1.43 bits per heavy atom. The first-order valence-electron chi connectivity index (χ1n) is 9.16. The number of ether oxygens (including phenoxy) is 2. The molecule has 13 nitrogen and oxygen atoms in total. The van der Waals surface area contributed by atoms with E-state index >= 15 is 0 Å². The monoisotopic (exact) mass is 524 g/mol. The Bertz CT molecular complexity index is 1100. The number of aliphatic hydroxyl groups is 2. The molecule has 0 fully saturated rings. The number of hydrogen-bond donors (Lipinski definition) is 5. The van der Waals surface area contributed by atoms with Gasteiger partial charge in [0.2, 0.25) is 0 Å². The molecule has 0 amide bonds. The van der Waals surface area contributed by atoms with Gasteiger partial charge >= 0.3 is 53.4 Å². The summed E-state index contributed by atoms with van der Waals surface area (Å²) in [5, 5.41) is 34.3. The maximum Gasteiger partial charge on any atom is 1.00 e. The Kier molecular flexibility index (Phi) is 14.0. The van der Waals surface area contributed by atoms with Crippen LogP contribution in [0.5, 0.6) is 0 Å². The van der Waals surface area contributed by atoms with Crippen molar-refractivity contribution in [1.29, 1.82) is 0 Å². The Balaban J connectivity index is 0. The molecule has 2 aromatic carbocycles. The van der Waals surface area contributed by atoms with Crippen molar-refractivity contribution in [3.63, 3.8) is 0 Å². The molecule has 15 heteroatoms. The summed E-state index contributed by atoms with van der Waals surface area (Å²) in [6, 6.07) is 7.96. The first-order valence-corrected chi connectivity index (χ1v) is 10.6. The minimum Gasteiger partial charge on any atom is -1.00 e. The summed E-state index contributed by atoms with van der Waals surface area (Å²) in [5.74, 6) is -4.23. The van der Waals surface area contributed by atoms with Gasteiger partial charge in [0.15, 0.2) is 0 Å². The second-order valence-electron chi connectivity index (χ2n) is 6.13. The third kappa shape index (κ3) is 11.0. The molecule has 35 heavy (non-hydrogen) atoms. The minimum absolute atomic E-state index is 0. The summed E-state index contributed by atoms with van der Waals surface area (Å²) >= 11 is 0. The quantitative estimate of drug-likeness (QED) is 0.129. The number of benzene rings is 2. The van der Waals surface area contributed by atoms with E-state index in [-0.39, 0.29) is 68.5 Å². The zero-order chi connectivity index (χ0) is 25.9. The summed E-state index contributed by atoms with van der Waals surface area (Å²) in [5.41, 5.74) is -0.677. The number of aliphatic hydroxyl groups excluding tert-OH is 2. The molecule has 0 atom stereocenters. The van der Waals surface area contributed by atoms with Crippen molar-refractivity contribution in [3.05, 3.63) is 64.7 Å². The molecule has 2 rings (SSSR count). The third-order valence-corrected chi connectivity index (χ3v) is 4.51. The molecule has 0 saturated carbocycles. The summed E-state index contributed by atoms with van der Waals surface area (Å²) < 4.78 is 39.6. The number of esters is 2. The van der Waals surface area contributed by atoms with Crippen molar-refractivity contribution in [3.8, 4) is 0 Å². The molecular weight excluding hydrogens is 503 g/mol. The SMILES string of the molecule is O=C(O)c1cc(C(=O)O)cc(S(=O)(=O)O)c1.O=C(OCCO)c1cccc(C(=O)OCCO)c1.[H-].[Na+]. The molecule has 186 valence electrons. The first-order chi connectivity index (χ1) is 15.9. The number of carboxylic acid groups (broad SMARTS) is 2. The van der Waals surface area contributed by atoms with Crippen LogP contribution in [0.25, 0.3) is 0 Å². The van der Waals surface area contributed by atoms with Gasteiger partial charge in [-0.1, -0.05) is 6.07 Å². The minimum atomic E-state index is -4.64. The predicted molar refractivity (Wildman–Crippen MR) is 112 cm³/mol. The molecule has 0 saturated heterocycles. The van der Waals surface area contributed by atoms with Crippen LogP contribution in [-0.2, 0) is 19.6 Å². The zero-order valence-corrected chi connectivity index (χ0v) is 21.1. The number of carbonyl (C=O) groups excluding carboxylic acids is 2. The molecule has 0 heterocycles. The van der Waals surface area contributed by atoms with Crippen molar-refractivity contribution in [2.24, 2.45) is 0 Å². The summed E-state index contributed by atoms with van der Waals surface area (Å²) in [7, 11) is -4.64. The van der Waals surface area contributed by atoms with Crippen LogP contribution in [0.4, 0.5) is 0 Å². The molecule has 0 aliphatic rings. The third-order valence-electron chi connectivity index (χ3n) is 3.68. The number of carbonyl (C=O) groups is 4. The Morgan fingerprint density at radius 1 is 0.743 bits per heavy atom. The number of rotatable bonds is 9. The van der Waals surface area contributed by atoms with Crippen LogP contribution in [0.3, 0.4) is 0 Å². The Labute approximate surface area is 222 Å². The van der Waals surface area contributed by atoms with Crippen molar-refractivity contribution in [2.75, 3.05) is 26.4 Å². The van der Waals surface area contributed by atoms with Gasteiger partial charge in [0.25, 0.3) is 10.1 Å². The van der Waals surface area contributed by atoms with Crippen LogP contribution >= 0.6 is 0 Å². The van der Waals surface area contributed by atoms with E-state index in [2.05, 4.69) is 0 Å². The molecule has 5 N–H and O–H groups in total. The zero-order valence-electron chi connectivity index (χ0n) is 19.3. The van der Waals surface area contributed by atoms with Crippen LogP contribution in [-0.4, -0.2) is 83.7 Å². The maximum absolute atomic E-state index is 11.5. The number of hydrogen-bond acceptors (Lipinski definition) is 10. The number of carboxylic acids is 2. The van der Waals surface area contributed by atoms with Crippen LogP contribution in [0.2, 0.25) is 0 Å². The Morgan fingerprint density at radius 2 is 1.11 bits per heavy atom. The smallest absolute Gasteiger partial charge is 1.00 e. The molecule has 0 aliphatic carbocycles. The van der Waals surface area contributed by atoms with Gasteiger partial charge in [-0.2, -0.15) is 8.42 Å². The molecule has 2 aromatic rings. The van der Waals surface area contributed by atoms with Gasteiger partial charge in [-0.15, -0.1) is 0 Å². The van der Waals surface area contributed by atoms with Crippen molar-refractivity contribution >= 4 is 34.0 Å². The van der Waals surface area contributed by atoms with E-state index in [1.807, 2.05) is 0 Å². The van der Waals surface area contributed by atoms with Crippen molar-refractivity contribution in [1.82, 2.24) is 0 Å². The molecular formula is C20H21NaO13S. The molecule has 0 spiro atoms. The molecule has 0 unspecified atom stereocenters. The van der Waals surface area contributed by atoms with E-state index in [4.69, 9.17) is 34.5 Å². The standard InChI is InChI=1S/C12H14O6.C8H6O7S.Na.H/c13-4-6-17-11(15)9-2-1-3-10(8-9)12(16)18-7-5-14;9-7(10)4-1-5(8(11)12)3-6(2-4)16(13,14)15;;/h1-3,8,13-14H,4-7H2;1-3H,(H,9,10)(H,11,12)(H,13,14,15);;/q;;+1;-1. The van der Waals surface area contributed by atoms with E-state index < -0.39 is 50.0 Å². The van der Waals surface area contributed by atoms with Crippen LogP contribution in [0, 0.1) is 0 Å². The van der Waals surface area contributed by atoms with Gasteiger partial charge in [-0.3, -0.25) is 4.55 Å². The van der Waals surface area contributed by atoms with Crippen molar-refractivity contribution < 1.29 is 93.0 Å². The van der Waals surface area contributed by atoms with Gasteiger partial charge in [0.05, 0.1) is 40.4 Å². The van der Waals surface area contributed by atoms with Crippen LogP contribution in [0.1, 0.15) is 42.9 Å². The average Bonchev–Trinajstić information content (AvgIpc) is 2.80. The molecule has 0 radical (unpaired) electrons. The molecule has 0 aliphatic heterocycles. The van der Waals surface area contributed by atoms with Gasteiger partial charge in [0, 0.05) is 0 Å². The van der Waals surface area contributed by atoms with Crippen molar-refractivity contribution in [2.45, 2.75) is 4.90 Å². The van der Waals surface area contributed by atoms with Crippen LogP contribution < -0.4 is 29.6 Å². The largest absolute Gasteiger partial charge is 1.00 e. The summed E-state index contributed by atoms with van der Waals surface area (Å²) in [6.07, 6.45) is 0.